The Bertz CT molecular complexity index is 1300. The Labute approximate surface area is 229 Å². The zero-order valence-corrected chi connectivity index (χ0v) is 23.2. The van der Waals surface area contributed by atoms with Gasteiger partial charge in [0, 0.05) is 60.9 Å². The number of carbonyl (C=O) groups excluding carboxylic acids is 1. The van der Waals surface area contributed by atoms with E-state index in [1.54, 1.807) is 10.9 Å². The molecule has 9 heteroatoms. The van der Waals surface area contributed by atoms with Crippen molar-refractivity contribution < 1.29 is 18.7 Å². The van der Waals surface area contributed by atoms with Gasteiger partial charge in [-0.15, -0.1) is 0 Å². The minimum absolute atomic E-state index is 0.0359. The van der Waals surface area contributed by atoms with Gasteiger partial charge in [-0.25, -0.2) is 14.1 Å². The van der Waals surface area contributed by atoms with Crippen LogP contribution in [0.15, 0.2) is 30.6 Å². The third kappa shape index (κ3) is 5.69. The second kappa shape index (κ2) is 12.2. The van der Waals surface area contributed by atoms with Gasteiger partial charge < -0.3 is 14.4 Å². The van der Waals surface area contributed by atoms with Crippen molar-refractivity contribution in [1.82, 2.24) is 24.6 Å². The molecule has 0 spiro atoms. The minimum Gasteiger partial charge on any atom is -0.479 e. The summed E-state index contributed by atoms with van der Waals surface area (Å²) in [5, 5.41) is 5.01. The molecule has 5 rings (SSSR count). The quantitative estimate of drug-likeness (QED) is 0.398. The maximum absolute atomic E-state index is 14.6. The van der Waals surface area contributed by atoms with Gasteiger partial charge in [-0.1, -0.05) is 20.3 Å². The van der Waals surface area contributed by atoms with E-state index in [0.717, 1.165) is 73.4 Å². The number of likely N-dealkylation sites (tertiary alicyclic amines) is 1. The monoisotopic (exact) mass is 535 g/mol. The van der Waals surface area contributed by atoms with E-state index in [1.165, 1.54) is 13.2 Å². The fourth-order valence-electron chi connectivity index (χ4n) is 6.09. The third-order valence-electron chi connectivity index (χ3n) is 8.10. The second-order valence-electron chi connectivity index (χ2n) is 10.4. The number of methoxy groups -OCH3 is 1. The highest BCUT2D eigenvalue weighted by Crippen LogP contribution is 2.38. The van der Waals surface area contributed by atoms with Gasteiger partial charge >= 0.3 is 0 Å². The molecule has 0 bridgehead atoms. The number of carbonyl (C=O) groups is 1. The molecule has 5 heterocycles. The summed E-state index contributed by atoms with van der Waals surface area (Å²) in [7, 11) is 1.40. The Morgan fingerprint density at radius 1 is 1.18 bits per heavy atom. The molecule has 0 N–H and O–H groups in total. The van der Waals surface area contributed by atoms with Crippen molar-refractivity contribution >= 4 is 5.91 Å². The first-order chi connectivity index (χ1) is 19.0. The average molecular weight is 536 g/mol. The lowest BCUT2D eigenvalue weighted by Gasteiger charge is -2.36. The van der Waals surface area contributed by atoms with Gasteiger partial charge in [0.2, 0.25) is 11.8 Å². The van der Waals surface area contributed by atoms with Crippen LogP contribution < -0.4 is 4.74 Å². The van der Waals surface area contributed by atoms with E-state index >= 15 is 0 Å². The molecule has 0 radical (unpaired) electrons. The Morgan fingerprint density at radius 3 is 2.69 bits per heavy atom. The van der Waals surface area contributed by atoms with Crippen LogP contribution in [0.3, 0.4) is 0 Å². The lowest BCUT2D eigenvalue weighted by molar-refractivity contribution is -0.132. The van der Waals surface area contributed by atoms with E-state index in [9.17, 15) is 9.18 Å². The SMILES string of the molecule is CCCC(c1cc(-c2nn(-c3cnc(OC)c(F)c3)c3c2CCOCC3)ccn1)C1CCN(C(=O)CC)CC1. The van der Waals surface area contributed by atoms with Crippen LogP contribution in [0.25, 0.3) is 16.9 Å². The number of piperidine rings is 1. The van der Waals surface area contributed by atoms with Crippen molar-refractivity contribution in [2.75, 3.05) is 33.4 Å². The van der Waals surface area contributed by atoms with Crippen LogP contribution in [-0.2, 0) is 22.4 Å². The van der Waals surface area contributed by atoms with Gasteiger partial charge in [-0.3, -0.25) is 9.78 Å². The fourth-order valence-corrected chi connectivity index (χ4v) is 6.09. The zero-order chi connectivity index (χ0) is 27.4. The van der Waals surface area contributed by atoms with E-state index in [2.05, 4.69) is 18.0 Å². The summed E-state index contributed by atoms with van der Waals surface area (Å²) in [5.74, 6) is 0.507. The molecule has 208 valence electrons. The highest BCUT2D eigenvalue weighted by atomic mass is 19.1. The van der Waals surface area contributed by atoms with Crippen LogP contribution in [0.1, 0.15) is 68.8 Å². The van der Waals surface area contributed by atoms with Crippen molar-refractivity contribution in [2.24, 2.45) is 5.92 Å². The van der Waals surface area contributed by atoms with E-state index in [-0.39, 0.29) is 11.8 Å². The number of nitrogens with zero attached hydrogens (tertiary/aromatic N) is 5. The number of rotatable bonds is 8. The van der Waals surface area contributed by atoms with Crippen LogP contribution in [0.4, 0.5) is 4.39 Å². The van der Waals surface area contributed by atoms with Crippen LogP contribution in [0.2, 0.25) is 0 Å². The molecular weight excluding hydrogens is 497 g/mol. The van der Waals surface area contributed by atoms with Gasteiger partial charge in [0.15, 0.2) is 5.82 Å². The molecule has 8 nitrogen and oxygen atoms in total. The largest absolute Gasteiger partial charge is 0.479 e. The third-order valence-corrected chi connectivity index (χ3v) is 8.10. The molecule has 39 heavy (non-hydrogen) atoms. The summed E-state index contributed by atoms with van der Waals surface area (Å²) >= 11 is 0. The number of fused-ring (bicyclic) bond motifs is 1. The molecule has 1 atom stereocenters. The molecule has 1 unspecified atom stereocenters. The van der Waals surface area contributed by atoms with Gasteiger partial charge in [-0.2, -0.15) is 5.10 Å². The second-order valence-corrected chi connectivity index (χ2v) is 10.4. The highest BCUT2D eigenvalue weighted by Gasteiger charge is 2.30. The van der Waals surface area contributed by atoms with Gasteiger partial charge in [0.05, 0.1) is 43.6 Å². The Kier molecular flexibility index (Phi) is 8.55. The maximum atomic E-state index is 14.6. The normalized spacial score (nSPS) is 17.0. The molecule has 0 aromatic carbocycles. The summed E-state index contributed by atoms with van der Waals surface area (Å²) in [6.07, 6.45) is 9.58. The summed E-state index contributed by atoms with van der Waals surface area (Å²) in [5.41, 5.74) is 5.68. The van der Waals surface area contributed by atoms with Crippen molar-refractivity contribution in [1.29, 1.82) is 0 Å². The van der Waals surface area contributed by atoms with E-state index < -0.39 is 5.82 Å². The number of halogens is 1. The van der Waals surface area contributed by atoms with E-state index in [1.807, 2.05) is 24.1 Å². The van der Waals surface area contributed by atoms with E-state index in [0.29, 0.717) is 43.6 Å². The topological polar surface area (TPSA) is 82.4 Å². The smallest absolute Gasteiger partial charge is 0.250 e. The van der Waals surface area contributed by atoms with Crippen molar-refractivity contribution in [3.8, 4) is 22.8 Å². The summed E-state index contributed by atoms with van der Waals surface area (Å²) in [6.45, 7) is 6.99. The zero-order valence-electron chi connectivity index (χ0n) is 23.2. The number of aromatic nitrogens is 4. The predicted molar refractivity (Wildman–Crippen MR) is 147 cm³/mol. The number of hydrogen-bond donors (Lipinski definition) is 0. The molecule has 3 aromatic rings. The lowest BCUT2D eigenvalue weighted by Crippen LogP contribution is -2.39. The molecule has 2 aliphatic rings. The predicted octanol–water partition coefficient (Wildman–Crippen LogP) is 5.12. The van der Waals surface area contributed by atoms with E-state index in [4.69, 9.17) is 19.6 Å². The standard InChI is InChI=1S/C30H38FN5O3/c1-4-6-23(20-8-13-35(14-9-20)28(37)5-2)26-17-21(7-12-32-26)29-24-10-15-39-16-11-27(24)36(34-29)22-18-25(31)30(38-3)33-19-22/h7,12,17-20,23H,4-6,8-11,13-16H2,1-3H3. The molecule has 0 saturated carbocycles. The molecular formula is C30H38FN5O3. The van der Waals surface area contributed by atoms with Crippen LogP contribution in [-0.4, -0.2) is 64.0 Å². The van der Waals surface area contributed by atoms with Crippen LogP contribution in [0, 0.1) is 11.7 Å². The maximum Gasteiger partial charge on any atom is 0.250 e. The van der Waals surface area contributed by atoms with Crippen molar-refractivity contribution in [3.05, 3.63) is 53.4 Å². The Morgan fingerprint density at radius 2 is 1.97 bits per heavy atom. The van der Waals surface area contributed by atoms with Crippen molar-refractivity contribution in [3.63, 3.8) is 0 Å². The highest BCUT2D eigenvalue weighted by molar-refractivity contribution is 5.75. The fraction of sp³-hybridized carbons (Fsp3) is 0.533. The molecule has 1 saturated heterocycles. The number of ether oxygens (including phenoxy) is 2. The summed E-state index contributed by atoms with van der Waals surface area (Å²) in [6, 6.07) is 5.62. The average Bonchev–Trinajstić information content (AvgIpc) is 3.16. The summed E-state index contributed by atoms with van der Waals surface area (Å²) < 4.78 is 27.2. The first-order valence-corrected chi connectivity index (χ1v) is 14.2. The molecule has 3 aromatic heterocycles. The van der Waals surface area contributed by atoms with Crippen molar-refractivity contribution in [2.45, 2.75) is 64.7 Å². The summed E-state index contributed by atoms with van der Waals surface area (Å²) in [4.78, 5) is 23.2. The minimum atomic E-state index is -0.522. The van der Waals surface area contributed by atoms with Gasteiger partial charge in [-0.05, 0) is 43.7 Å². The molecule has 1 fully saturated rings. The molecule has 0 aliphatic carbocycles. The Balaban J connectivity index is 1.49. The number of amides is 1. The van der Waals surface area contributed by atoms with Gasteiger partial charge in [0.25, 0.3) is 0 Å². The van der Waals surface area contributed by atoms with Crippen LogP contribution >= 0.6 is 0 Å². The number of hydrogen-bond acceptors (Lipinski definition) is 6. The van der Waals surface area contributed by atoms with Gasteiger partial charge in [0.1, 0.15) is 0 Å². The number of pyridine rings is 2. The first kappa shape index (κ1) is 27.2. The molecule has 2 aliphatic heterocycles. The lowest BCUT2D eigenvalue weighted by atomic mass is 9.79. The molecule has 1 amide bonds. The van der Waals surface area contributed by atoms with Crippen LogP contribution in [0.5, 0.6) is 5.88 Å². The first-order valence-electron chi connectivity index (χ1n) is 14.2. The Hall–Kier alpha value is -3.33.